The van der Waals surface area contributed by atoms with Gasteiger partial charge in [0.1, 0.15) is 0 Å². The lowest BCUT2D eigenvalue weighted by molar-refractivity contribution is -0.113. The molecule has 3 rings (SSSR count). The van der Waals surface area contributed by atoms with Gasteiger partial charge < -0.3 is 14.6 Å². The van der Waals surface area contributed by atoms with Gasteiger partial charge in [-0.05, 0) is 24.4 Å². The summed E-state index contributed by atoms with van der Waals surface area (Å²) in [6.45, 7) is 2.78. The van der Waals surface area contributed by atoms with Gasteiger partial charge in [-0.3, -0.25) is 4.79 Å². The van der Waals surface area contributed by atoms with Crippen LogP contribution in [0.2, 0.25) is 0 Å². The lowest BCUT2D eigenvalue weighted by atomic mass is 10.4. The van der Waals surface area contributed by atoms with Crippen molar-refractivity contribution < 1.29 is 9.53 Å². The highest BCUT2D eigenvalue weighted by molar-refractivity contribution is 7.99. The number of nitrogens with one attached hydrogen (secondary N) is 1. The van der Waals surface area contributed by atoms with Crippen LogP contribution in [-0.2, 0) is 11.3 Å². The fourth-order valence-corrected chi connectivity index (χ4v) is 3.69. The molecule has 25 heavy (non-hydrogen) atoms. The van der Waals surface area contributed by atoms with Crippen LogP contribution in [0.1, 0.15) is 6.92 Å². The molecule has 0 unspecified atom stereocenters. The molecule has 0 aromatic carbocycles. The van der Waals surface area contributed by atoms with Gasteiger partial charge in [-0.2, -0.15) is 0 Å². The Labute approximate surface area is 153 Å². The van der Waals surface area contributed by atoms with E-state index in [4.69, 9.17) is 4.74 Å². The van der Waals surface area contributed by atoms with Crippen LogP contribution in [0.25, 0.3) is 10.7 Å². The SMILES string of the molecule is CCn1c(SCC(=O)Nc2ccc(OC)nc2)nnc1-c1cccs1. The molecule has 7 nitrogen and oxygen atoms in total. The number of aromatic nitrogens is 4. The van der Waals surface area contributed by atoms with E-state index in [9.17, 15) is 4.79 Å². The summed E-state index contributed by atoms with van der Waals surface area (Å²) in [6, 6.07) is 7.44. The highest BCUT2D eigenvalue weighted by atomic mass is 32.2. The van der Waals surface area contributed by atoms with Crippen molar-refractivity contribution in [1.29, 1.82) is 0 Å². The van der Waals surface area contributed by atoms with E-state index in [0.29, 0.717) is 11.6 Å². The van der Waals surface area contributed by atoms with Crippen molar-refractivity contribution in [3.8, 4) is 16.6 Å². The molecule has 1 N–H and O–H groups in total. The summed E-state index contributed by atoms with van der Waals surface area (Å²) < 4.78 is 7.01. The van der Waals surface area contributed by atoms with Crippen LogP contribution >= 0.6 is 23.1 Å². The third-order valence-corrected chi connectivity index (χ3v) is 5.17. The molecule has 0 saturated carbocycles. The zero-order valence-electron chi connectivity index (χ0n) is 13.8. The minimum absolute atomic E-state index is 0.125. The quantitative estimate of drug-likeness (QED) is 0.639. The zero-order valence-corrected chi connectivity index (χ0v) is 15.4. The first-order valence-electron chi connectivity index (χ1n) is 7.61. The molecule has 0 radical (unpaired) electrons. The Kier molecular flexibility index (Phi) is 5.67. The molecule has 0 spiro atoms. The minimum Gasteiger partial charge on any atom is -0.481 e. The number of rotatable bonds is 7. The number of thioether (sulfide) groups is 1. The first-order chi connectivity index (χ1) is 12.2. The molecule has 0 atom stereocenters. The number of methoxy groups -OCH3 is 1. The Morgan fingerprint density at radius 1 is 1.36 bits per heavy atom. The van der Waals surface area contributed by atoms with Gasteiger partial charge in [-0.25, -0.2) is 4.98 Å². The molecule has 130 valence electrons. The van der Waals surface area contributed by atoms with Gasteiger partial charge in [0.15, 0.2) is 11.0 Å². The molecule has 0 aliphatic carbocycles. The normalized spacial score (nSPS) is 10.6. The number of pyridine rings is 1. The van der Waals surface area contributed by atoms with E-state index in [0.717, 1.165) is 22.4 Å². The molecule has 3 aromatic rings. The Balaban J connectivity index is 1.62. The summed E-state index contributed by atoms with van der Waals surface area (Å²) in [4.78, 5) is 17.3. The van der Waals surface area contributed by atoms with Gasteiger partial charge in [-0.1, -0.05) is 17.8 Å². The summed E-state index contributed by atoms with van der Waals surface area (Å²) in [6.07, 6.45) is 1.56. The second kappa shape index (κ2) is 8.13. The summed E-state index contributed by atoms with van der Waals surface area (Å²) >= 11 is 2.98. The van der Waals surface area contributed by atoms with Crippen LogP contribution in [0.4, 0.5) is 5.69 Å². The standard InChI is InChI=1S/C16H17N5O2S2/c1-3-21-15(12-5-4-8-24-12)19-20-16(21)25-10-13(22)18-11-6-7-14(23-2)17-9-11/h4-9H,3,10H2,1-2H3,(H,18,22). The number of carbonyl (C=O) groups excluding carboxylic acids is 1. The van der Waals surface area contributed by atoms with E-state index in [1.807, 2.05) is 29.0 Å². The van der Waals surface area contributed by atoms with Crippen molar-refractivity contribution in [1.82, 2.24) is 19.7 Å². The third kappa shape index (κ3) is 4.18. The van der Waals surface area contributed by atoms with Crippen molar-refractivity contribution in [3.05, 3.63) is 35.8 Å². The zero-order chi connectivity index (χ0) is 17.6. The van der Waals surface area contributed by atoms with E-state index >= 15 is 0 Å². The molecule has 0 saturated heterocycles. The molecular formula is C16H17N5O2S2. The first-order valence-corrected chi connectivity index (χ1v) is 9.47. The monoisotopic (exact) mass is 375 g/mol. The van der Waals surface area contributed by atoms with Crippen LogP contribution in [0.3, 0.4) is 0 Å². The number of nitrogens with zero attached hydrogens (tertiary/aromatic N) is 4. The fourth-order valence-electron chi connectivity index (χ4n) is 2.17. The van der Waals surface area contributed by atoms with Gasteiger partial charge >= 0.3 is 0 Å². The lowest BCUT2D eigenvalue weighted by Crippen LogP contribution is -2.14. The van der Waals surface area contributed by atoms with Gasteiger partial charge in [0.05, 0.1) is 29.6 Å². The molecule has 1 amide bonds. The molecular weight excluding hydrogens is 358 g/mol. The van der Waals surface area contributed by atoms with Crippen molar-refractivity contribution in [2.45, 2.75) is 18.6 Å². The molecule has 9 heteroatoms. The number of amides is 1. The second-order valence-electron chi connectivity index (χ2n) is 4.95. The van der Waals surface area contributed by atoms with E-state index in [-0.39, 0.29) is 11.7 Å². The Bertz CT molecular complexity index is 831. The van der Waals surface area contributed by atoms with E-state index in [2.05, 4.69) is 20.5 Å². The third-order valence-electron chi connectivity index (χ3n) is 3.34. The summed E-state index contributed by atoms with van der Waals surface area (Å²) in [5.74, 6) is 1.46. The Morgan fingerprint density at radius 3 is 2.88 bits per heavy atom. The summed E-state index contributed by atoms with van der Waals surface area (Å²) in [5, 5.41) is 14.0. The fraction of sp³-hybridized carbons (Fsp3) is 0.250. The molecule has 3 aromatic heterocycles. The van der Waals surface area contributed by atoms with Crippen LogP contribution in [0, 0.1) is 0 Å². The topological polar surface area (TPSA) is 81.9 Å². The van der Waals surface area contributed by atoms with Gasteiger partial charge in [0, 0.05) is 12.6 Å². The largest absolute Gasteiger partial charge is 0.481 e. The number of thiophene rings is 1. The predicted octanol–water partition coefficient (Wildman–Crippen LogP) is 3.16. The van der Waals surface area contributed by atoms with Crippen molar-refractivity contribution >= 4 is 34.7 Å². The average molecular weight is 375 g/mol. The number of ether oxygens (including phenoxy) is 1. The van der Waals surface area contributed by atoms with E-state index in [1.54, 1.807) is 36.8 Å². The van der Waals surface area contributed by atoms with E-state index in [1.165, 1.54) is 11.8 Å². The van der Waals surface area contributed by atoms with Crippen molar-refractivity contribution in [2.24, 2.45) is 0 Å². The average Bonchev–Trinajstić information content (AvgIpc) is 3.29. The number of hydrogen-bond donors (Lipinski definition) is 1. The van der Waals surface area contributed by atoms with Crippen LogP contribution < -0.4 is 10.1 Å². The maximum atomic E-state index is 12.1. The smallest absolute Gasteiger partial charge is 0.234 e. The van der Waals surface area contributed by atoms with E-state index < -0.39 is 0 Å². The second-order valence-corrected chi connectivity index (χ2v) is 6.84. The predicted molar refractivity (Wildman–Crippen MR) is 99.2 cm³/mol. The maximum absolute atomic E-state index is 12.1. The maximum Gasteiger partial charge on any atom is 0.234 e. The Hall–Kier alpha value is -2.39. The van der Waals surface area contributed by atoms with Crippen molar-refractivity contribution in [3.63, 3.8) is 0 Å². The van der Waals surface area contributed by atoms with Crippen LogP contribution in [0.5, 0.6) is 5.88 Å². The molecule has 0 fully saturated rings. The summed E-state index contributed by atoms with van der Waals surface area (Å²) in [5.41, 5.74) is 0.627. The summed E-state index contributed by atoms with van der Waals surface area (Å²) in [7, 11) is 1.55. The number of hydrogen-bond acceptors (Lipinski definition) is 7. The number of anilines is 1. The highest BCUT2D eigenvalue weighted by Gasteiger charge is 2.15. The van der Waals surface area contributed by atoms with Crippen LogP contribution in [-0.4, -0.2) is 38.5 Å². The molecule has 0 aliphatic rings. The molecule has 0 aliphatic heterocycles. The lowest BCUT2D eigenvalue weighted by Gasteiger charge is -2.07. The van der Waals surface area contributed by atoms with Crippen LogP contribution in [0.15, 0.2) is 41.0 Å². The van der Waals surface area contributed by atoms with Gasteiger partial charge in [0.2, 0.25) is 11.8 Å². The van der Waals surface area contributed by atoms with Gasteiger partial charge in [0.25, 0.3) is 0 Å². The van der Waals surface area contributed by atoms with Crippen molar-refractivity contribution in [2.75, 3.05) is 18.2 Å². The first kappa shape index (κ1) is 17.4. The highest BCUT2D eigenvalue weighted by Crippen LogP contribution is 2.27. The van der Waals surface area contributed by atoms with Gasteiger partial charge in [-0.15, -0.1) is 21.5 Å². The Morgan fingerprint density at radius 2 is 2.24 bits per heavy atom. The molecule has 3 heterocycles. The minimum atomic E-state index is -0.125. The molecule has 0 bridgehead atoms. The number of carbonyl (C=O) groups is 1.